The SMILES string of the molecule is C=C1CN(S(=O)(=O)c2ccccc2)c2cc(OCc3ccccc3)c3c(c(C)cn3C(=O)c3ccccc3)c21. The summed E-state index contributed by atoms with van der Waals surface area (Å²) in [4.78, 5) is 13.9. The fraction of sp³-hybridized carbons (Fsp3) is 0.0938. The van der Waals surface area contributed by atoms with Gasteiger partial charge in [0.15, 0.2) is 0 Å². The van der Waals surface area contributed by atoms with Gasteiger partial charge in [-0.3, -0.25) is 13.7 Å². The van der Waals surface area contributed by atoms with Gasteiger partial charge in [0.05, 0.1) is 22.6 Å². The minimum Gasteiger partial charge on any atom is -0.487 e. The molecule has 0 atom stereocenters. The van der Waals surface area contributed by atoms with Crippen LogP contribution in [0.3, 0.4) is 0 Å². The third-order valence-electron chi connectivity index (χ3n) is 6.97. The number of hydrogen-bond acceptors (Lipinski definition) is 4. The molecule has 0 N–H and O–H groups in total. The molecule has 7 heteroatoms. The van der Waals surface area contributed by atoms with E-state index in [1.54, 1.807) is 59.3 Å². The Morgan fingerprint density at radius 3 is 2.21 bits per heavy atom. The fourth-order valence-electron chi connectivity index (χ4n) is 5.13. The average molecular weight is 535 g/mol. The van der Waals surface area contributed by atoms with Gasteiger partial charge in [-0.25, -0.2) is 8.42 Å². The van der Waals surface area contributed by atoms with Crippen LogP contribution in [0.2, 0.25) is 0 Å². The van der Waals surface area contributed by atoms with E-state index in [-0.39, 0.29) is 24.0 Å². The zero-order chi connectivity index (χ0) is 27.1. The molecule has 0 bridgehead atoms. The predicted molar refractivity (Wildman–Crippen MR) is 154 cm³/mol. The highest BCUT2D eigenvalue weighted by Gasteiger charge is 2.36. The van der Waals surface area contributed by atoms with Crippen molar-refractivity contribution in [1.29, 1.82) is 0 Å². The Labute approximate surface area is 227 Å². The maximum atomic E-state index is 13.7. The molecule has 0 saturated carbocycles. The van der Waals surface area contributed by atoms with Crippen molar-refractivity contribution in [3.63, 3.8) is 0 Å². The molecule has 5 aromatic rings. The molecular formula is C32H26N2O4S. The van der Waals surface area contributed by atoms with Crippen LogP contribution in [-0.4, -0.2) is 25.4 Å². The van der Waals surface area contributed by atoms with Crippen LogP contribution in [0.4, 0.5) is 5.69 Å². The van der Waals surface area contributed by atoms with Crippen LogP contribution in [0, 0.1) is 6.92 Å². The number of carbonyl (C=O) groups is 1. The van der Waals surface area contributed by atoms with Crippen LogP contribution in [0.25, 0.3) is 16.5 Å². The van der Waals surface area contributed by atoms with Gasteiger partial charge < -0.3 is 4.74 Å². The zero-order valence-electron chi connectivity index (χ0n) is 21.4. The van der Waals surface area contributed by atoms with Gasteiger partial charge in [-0.1, -0.05) is 73.3 Å². The maximum absolute atomic E-state index is 13.7. The van der Waals surface area contributed by atoms with E-state index >= 15 is 0 Å². The highest BCUT2D eigenvalue weighted by atomic mass is 32.2. The summed E-state index contributed by atoms with van der Waals surface area (Å²) in [5, 5.41) is 0.760. The van der Waals surface area contributed by atoms with Gasteiger partial charge in [0.1, 0.15) is 12.4 Å². The first kappa shape index (κ1) is 24.7. The topological polar surface area (TPSA) is 68.6 Å². The largest absolute Gasteiger partial charge is 0.487 e. The number of aromatic nitrogens is 1. The van der Waals surface area contributed by atoms with E-state index < -0.39 is 10.0 Å². The standard InChI is InChI=1S/C32H26N2O4S/c1-22-19-33(32(35)25-14-8-4-9-15-25)31-28(38-21-24-12-6-3-7-13-24)18-27-29(30(22)31)23(2)20-34(27)39(36,37)26-16-10-5-11-17-26/h3-19H,2,20-21H2,1H3. The van der Waals surface area contributed by atoms with E-state index in [2.05, 4.69) is 6.58 Å². The molecule has 0 saturated heterocycles. The number of sulfonamides is 1. The van der Waals surface area contributed by atoms with Crippen LogP contribution in [0.5, 0.6) is 5.75 Å². The molecule has 6 nitrogen and oxygen atoms in total. The second kappa shape index (κ2) is 9.60. The molecule has 1 aromatic heterocycles. The van der Waals surface area contributed by atoms with Crippen LogP contribution in [0.15, 0.2) is 115 Å². The van der Waals surface area contributed by atoms with E-state index in [1.165, 1.54) is 4.31 Å². The summed E-state index contributed by atoms with van der Waals surface area (Å²) in [7, 11) is -3.86. The number of hydrogen-bond donors (Lipinski definition) is 0. The first-order chi connectivity index (χ1) is 18.9. The van der Waals surface area contributed by atoms with E-state index in [9.17, 15) is 13.2 Å². The Hall–Kier alpha value is -4.62. The Kier molecular flexibility index (Phi) is 6.08. The summed E-state index contributed by atoms with van der Waals surface area (Å²) in [5.41, 5.74) is 4.79. The smallest absolute Gasteiger partial charge is 0.264 e. The second-order valence-electron chi connectivity index (χ2n) is 9.55. The van der Waals surface area contributed by atoms with Crippen molar-refractivity contribution in [2.45, 2.75) is 18.4 Å². The highest BCUT2D eigenvalue weighted by molar-refractivity contribution is 7.92. The minimum absolute atomic E-state index is 0.112. The molecule has 1 aliphatic rings. The molecule has 194 valence electrons. The molecule has 0 amide bonds. The first-order valence-electron chi connectivity index (χ1n) is 12.6. The number of ether oxygens (including phenoxy) is 1. The van der Waals surface area contributed by atoms with Gasteiger partial charge in [0.2, 0.25) is 0 Å². The van der Waals surface area contributed by atoms with Crippen molar-refractivity contribution >= 4 is 38.1 Å². The lowest BCUT2D eigenvalue weighted by molar-refractivity contribution is 0.0964. The third-order valence-corrected chi connectivity index (χ3v) is 8.74. The lowest BCUT2D eigenvalue weighted by Gasteiger charge is -2.21. The van der Waals surface area contributed by atoms with E-state index in [0.29, 0.717) is 33.7 Å². The van der Waals surface area contributed by atoms with Gasteiger partial charge >= 0.3 is 0 Å². The van der Waals surface area contributed by atoms with E-state index in [4.69, 9.17) is 4.74 Å². The van der Waals surface area contributed by atoms with Crippen molar-refractivity contribution < 1.29 is 17.9 Å². The van der Waals surface area contributed by atoms with Crippen molar-refractivity contribution in [2.24, 2.45) is 0 Å². The van der Waals surface area contributed by atoms with Gasteiger partial charge in [-0.2, -0.15) is 0 Å². The van der Waals surface area contributed by atoms with Gasteiger partial charge in [-0.05, 0) is 47.9 Å². The number of anilines is 1. The second-order valence-corrected chi connectivity index (χ2v) is 11.4. The molecular weight excluding hydrogens is 508 g/mol. The summed E-state index contributed by atoms with van der Waals surface area (Å²) in [5.74, 6) is 0.225. The van der Waals surface area contributed by atoms with Crippen molar-refractivity contribution in [3.8, 4) is 5.75 Å². The predicted octanol–water partition coefficient (Wildman–Crippen LogP) is 6.44. The van der Waals surface area contributed by atoms with Crippen molar-refractivity contribution in [2.75, 3.05) is 10.8 Å². The molecule has 0 fully saturated rings. The first-order valence-corrected chi connectivity index (χ1v) is 14.0. The lowest BCUT2D eigenvalue weighted by Crippen LogP contribution is -2.28. The Bertz CT molecular complexity index is 1830. The molecule has 2 heterocycles. The number of benzene rings is 4. The van der Waals surface area contributed by atoms with E-state index in [0.717, 1.165) is 16.5 Å². The molecule has 0 spiro atoms. The minimum atomic E-state index is -3.86. The number of fused-ring (bicyclic) bond motifs is 3. The molecule has 0 radical (unpaired) electrons. The molecule has 4 aromatic carbocycles. The van der Waals surface area contributed by atoms with Crippen LogP contribution >= 0.6 is 0 Å². The summed E-state index contributed by atoms with van der Waals surface area (Å²) < 4.78 is 36.8. The summed E-state index contributed by atoms with van der Waals surface area (Å²) in [6.07, 6.45) is 1.79. The molecule has 39 heavy (non-hydrogen) atoms. The highest BCUT2D eigenvalue weighted by Crippen LogP contribution is 2.48. The average Bonchev–Trinajstić information content (AvgIpc) is 3.49. The Balaban J connectivity index is 1.57. The number of aryl methyl sites for hydroxylation is 1. The van der Waals surface area contributed by atoms with Gasteiger partial charge in [0.25, 0.3) is 15.9 Å². The van der Waals surface area contributed by atoms with Crippen LogP contribution in [0.1, 0.15) is 27.0 Å². The third kappa shape index (κ3) is 4.21. The Morgan fingerprint density at radius 1 is 0.923 bits per heavy atom. The zero-order valence-corrected chi connectivity index (χ0v) is 22.2. The fourth-order valence-corrected chi connectivity index (χ4v) is 6.62. The van der Waals surface area contributed by atoms with Gasteiger partial charge in [-0.15, -0.1) is 0 Å². The number of rotatable bonds is 6. The quantitative estimate of drug-likeness (QED) is 0.251. The lowest BCUT2D eigenvalue weighted by atomic mass is 10.0. The Morgan fingerprint density at radius 2 is 1.54 bits per heavy atom. The molecule has 1 aliphatic heterocycles. The van der Waals surface area contributed by atoms with E-state index in [1.807, 2.05) is 55.5 Å². The monoisotopic (exact) mass is 534 g/mol. The summed E-state index contributed by atoms with van der Waals surface area (Å²) in [6, 6.07) is 28.9. The van der Waals surface area contributed by atoms with Gasteiger partial charge in [0, 0.05) is 28.8 Å². The number of carbonyl (C=O) groups excluding carboxylic acids is 1. The summed E-state index contributed by atoms with van der Waals surface area (Å²) in [6.45, 7) is 6.52. The van der Waals surface area contributed by atoms with Crippen molar-refractivity contribution in [3.05, 3.63) is 132 Å². The van der Waals surface area contributed by atoms with Crippen molar-refractivity contribution in [1.82, 2.24) is 4.57 Å². The molecule has 6 rings (SSSR count). The maximum Gasteiger partial charge on any atom is 0.264 e. The number of nitrogens with zero attached hydrogens (tertiary/aromatic N) is 2. The molecule has 0 aliphatic carbocycles. The molecule has 0 unspecified atom stereocenters. The van der Waals surface area contributed by atoms with Crippen LogP contribution < -0.4 is 9.04 Å². The van der Waals surface area contributed by atoms with Crippen LogP contribution in [-0.2, 0) is 16.6 Å². The summed E-state index contributed by atoms with van der Waals surface area (Å²) >= 11 is 0. The normalized spacial score (nSPS) is 13.1.